The van der Waals surface area contributed by atoms with Crippen LogP contribution in [0.25, 0.3) is 0 Å². The van der Waals surface area contributed by atoms with Gasteiger partial charge in [0.15, 0.2) is 0 Å². The lowest BCUT2D eigenvalue weighted by Crippen LogP contribution is -2.51. The number of hydrogen-bond acceptors (Lipinski definition) is 3. The number of anilines is 1. The van der Waals surface area contributed by atoms with Crippen molar-refractivity contribution < 1.29 is 27.6 Å². The molecule has 0 unspecified atom stereocenters. The van der Waals surface area contributed by atoms with Crippen molar-refractivity contribution in [1.82, 2.24) is 10.2 Å². The molecule has 4 amide bonds. The molecule has 0 radical (unpaired) electrons. The molecule has 31 heavy (non-hydrogen) atoms. The molecule has 2 N–H and O–H groups in total. The molecule has 170 valence electrons. The Kier molecular flexibility index (Phi) is 6.08. The molecule has 0 bridgehead atoms. The SMILES string of the molecule is CCC(C)(C)C1CCC2(CC1)NC(=O)N(CC(=O)Nc1ccc(C(F)(F)F)cc1)C2=O. The van der Waals surface area contributed by atoms with E-state index in [0.29, 0.717) is 18.8 Å². The second-order valence-corrected chi connectivity index (χ2v) is 9.14. The number of nitrogens with one attached hydrogen (secondary N) is 2. The van der Waals surface area contributed by atoms with Crippen LogP contribution in [-0.2, 0) is 15.8 Å². The largest absolute Gasteiger partial charge is 0.416 e. The van der Waals surface area contributed by atoms with Crippen LogP contribution in [-0.4, -0.2) is 34.8 Å². The molecule has 1 aromatic rings. The maximum atomic E-state index is 13.0. The van der Waals surface area contributed by atoms with Crippen LogP contribution in [0.4, 0.5) is 23.7 Å². The van der Waals surface area contributed by atoms with Crippen LogP contribution in [0.1, 0.15) is 58.4 Å². The van der Waals surface area contributed by atoms with Crippen LogP contribution in [0.5, 0.6) is 0 Å². The number of imide groups is 1. The van der Waals surface area contributed by atoms with E-state index in [4.69, 9.17) is 0 Å². The first-order valence-corrected chi connectivity index (χ1v) is 10.5. The smallest absolute Gasteiger partial charge is 0.325 e. The summed E-state index contributed by atoms with van der Waals surface area (Å²) in [5.74, 6) is -0.598. The second-order valence-electron chi connectivity index (χ2n) is 9.14. The van der Waals surface area contributed by atoms with Crippen LogP contribution in [0.2, 0.25) is 0 Å². The van der Waals surface area contributed by atoms with Crippen molar-refractivity contribution in [2.75, 3.05) is 11.9 Å². The van der Waals surface area contributed by atoms with Gasteiger partial charge in [-0.1, -0.05) is 27.2 Å². The van der Waals surface area contributed by atoms with Crippen molar-refractivity contribution >= 4 is 23.5 Å². The number of rotatable bonds is 5. The van der Waals surface area contributed by atoms with Crippen molar-refractivity contribution in [2.24, 2.45) is 11.3 Å². The summed E-state index contributed by atoms with van der Waals surface area (Å²) in [6, 6.07) is 3.36. The Balaban J connectivity index is 1.61. The van der Waals surface area contributed by atoms with E-state index < -0.39 is 41.7 Å². The minimum absolute atomic E-state index is 0.155. The average molecular weight is 439 g/mol. The summed E-state index contributed by atoms with van der Waals surface area (Å²) in [7, 11) is 0. The normalized spacial score (nSPS) is 24.5. The van der Waals surface area contributed by atoms with Gasteiger partial charge in [0.25, 0.3) is 5.91 Å². The van der Waals surface area contributed by atoms with Gasteiger partial charge in [0.2, 0.25) is 5.91 Å². The Morgan fingerprint density at radius 2 is 1.74 bits per heavy atom. The molecular formula is C22H28F3N3O3. The topological polar surface area (TPSA) is 78.5 Å². The first kappa shape index (κ1) is 23.1. The number of benzene rings is 1. The van der Waals surface area contributed by atoms with Crippen LogP contribution < -0.4 is 10.6 Å². The zero-order valence-corrected chi connectivity index (χ0v) is 17.9. The van der Waals surface area contributed by atoms with Crippen molar-refractivity contribution in [3.8, 4) is 0 Å². The lowest BCUT2D eigenvalue weighted by Gasteiger charge is -2.42. The molecule has 1 aliphatic heterocycles. The highest BCUT2D eigenvalue weighted by atomic mass is 19.4. The summed E-state index contributed by atoms with van der Waals surface area (Å²) in [6.07, 6.45) is -0.744. The molecule has 0 atom stereocenters. The van der Waals surface area contributed by atoms with Gasteiger partial charge >= 0.3 is 12.2 Å². The molecule has 1 spiro atoms. The van der Waals surface area contributed by atoms with E-state index in [0.717, 1.165) is 48.4 Å². The third kappa shape index (κ3) is 4.70. The molecule has 1 heterocycles. The molecule has 1 aromatic carbocycles. The van der Waals surface area contributed by atoms with Crippen molar-refractivity contribution in [2.45, 2.75) is 64.6 Å². The van der Waals surface area contributed by atoms with E-state index in [9.17, 15) is 27.6 Å². The van der Waals surface area contributed by atoms with Gasteiger partial charge in [0.05, 0.1) is 5.56 Å². The highest BCUT2D eigenvalue weighted by Gasteiger charge is 2.53. The Hall–Kier alpha value is -2.58. The zero-order chi connectivity index (χ0) is 23.0. The standard InChI is InChI=1S/C22H28F3N3O3/c1-4-20(2,3)14-9-11-21(12-10-14)18(30)28(19(31)27-21)13-17(29)26-16-7-5-15(6-8-16)22(23,24)25/h5-8,14H,4,9-13H2,1-3H3,(H,26,29)(H,27,31). The predicted molar refractivity (Wildman–Crippen MR) is 109 cm³/mol. The highest BCUT2D eigenvalue weighted by Crippen LogP contribution is 2.45. The number of carbonyl (C=O) groups excluding carboxylic acids is 3. The summed E-state index contributed by atoms with van der Waals surface area (Å²) in [4.78, 5) is 38.6. The van der Waals surface area contributed by atoms with Crippen molar-refractivity contribution in [1.29, 1.82) is 0 Å². The monoisotopic (exact) mass is 439 g/mol. The van der Waals surface area contributed by atoms with Crippen LogP contribution in [0, 0.1) is 11.3 Å². The summed E-state index contributed by atoms with van der Waals surface area (Å²) in [5, 5.41) is 5.22. The summed E-state index contributed by atoms with van der Waals surface area (Å²) in [5.41, 5.74) is -1.48. The van der Waals surface area contributed by atoms with Crippen LogP contribution in [0.3, 0.4) is 0 Å². The lowest BCUT2D eigenvalue weighted by molar-refractivity contribution is -0.137. The van der Waals surface area contributed by atoms with Gasteiger partial charge in [-0.2, -0.15) is 13.2 Å². The third-order valence-electron chi connectivity index (χ3n) is 6.90. The number of halogens is 3. The van der Waals surface area contributed by atoms with Crippen LogP contribution >= 0.6 is 0 Å². The second kappa shape index (κ2) is 8.16. The Morgan fingerprint density at radius 3 is 2.26 bits per heavy atom. The van der Waals surface area contributed by atoms with Gasteiger partial charge in [0, 0.05) is 5.69 Å². The molecule has 9 heteroatoms. The van der Waals surface area contributed by atoms with Gasteiger partial charge in [-0.25, -0.2) is 4.79 Å². The van der Waals surface area contributed by atoms with Crippen molar-refractivity contribution in [3.63, 3.8) is 0 Å². The lowest BCUT2D eigenvalue weighted by atomic mass is 9.65. The molecule has 2 fully saturated rings. The van der Waals surface area contributed by atoms with E-state index in [1.54, 1.807) is 0 Å². The molecule has 6 nitrogen and oxygen atoms in total. The van der Waals surface area contributed by atoms with Crippen LogP contribution in [0.15, 0.2) is 24.3 Å². The average Bonchev–Trinajstić information content (AvgIpc) is 2.92. The molecular weight excluding hydrogens is 411 g/mol. The van der Waals surface area contributed by atoms with Gasteiger partial charge in [0.1, 0.15) is 12.1 Å². The fourth-order valence-corrected chi connectivity index (χ4v) is 4.43. The number of alkyl halides is 3. The Labute approximate surface area is 179 Å². The fourth-order valence-electron chi connectivity index (χ4n) is 4.43. The van der Waals surface area contributed by atoms with Gasteiger partial charge in [-0.15, -0.1) is 0 Å². The molecule has 1 saturated heterocycles. The van der Waals surface area contributed by atoms with E-state index in [-0.39, 0.29) is 11.1 Å². The summed E-state index contributed by atoms with van der Waals surface area (Å²) >= 11 is 0. The first-order chi connectivity index (χ1) is 14.4. The summed E-state index contributed by atoms with van der Waals surface area (Å²) in [6.45, 7) is 6.08. The molecule has 2 aliphatic rings. The molecule has 3 rings (SSSR count). The quantitative estimate of drug-likeness (QED) is 0.660. The number of amides is 4. The van der Waals surface area contributed by atoms with E-state index >= 15 is 0 Å². The molecule has 1 aliphatic carbocycles. The van der Waals surface area contributed by atoms with Gasteiger partial charge in [-0.3, -0.25) is 14.5 Å². The summed E-state index contributed by atoms with van der Waals surface area (Å²) < 4.78 is 37.9. The van der Waals surface area contributed by atoms with Crippen molar-refractivity contribution in [3.05, 3.63) is 29.8 Å². The number of carbonyl (C=O) groups is 3. The maximum Gasteiger partial charge on any atom is 0.416 e. The zero-order valence-electron chi connectivity index (χ0n) is 17.9. The molecule has 1 saturated carbocycles. The van der Waals surface area contributed by atoms with Gasteiger partial charge < -0.3 is 10.6 Å². The molecule has 0 aromatic heterocycles. The van der Waals surface area contributed by atoms with E-state index in [2.05, 4.69) is 31.4 Å². The third-order valence-corrected chi connectivity index (χ3v) is 6.90. The minimum atomic E-state index is -4.47. The van der Waals surface area contributed by atoms with Gasteiger partial charge in [-0.05, 0) is 61.3 Å². The highest BCUT2D eigenvalue weighted by molar-refractivity contribution is 6.10. The first-order valence-electron chi connectivity index (χ1n) is 10.5. The maximum absolute atomic E-state index is 13.0. The number of hydrogen-bond donors (Lipinski definition) is 2. The van der Waals surface area contributed by atoms with E-state index in [1.165, 1.54) is 0 Å². The Bertz CT molecular complexity index is 857. The number of nitrogens with zero attached hydrogens (tertiary/aromatic N) is 1. The Morgan fingerprint density at radius 1 is 1.16 bits per heavy atom. The van der Waals surface area contributed by atoms with E-state index in [1.807, 2.05) is 0 Å². The number of urea groups is 1. The fraction of sp³-hybridized carbons (Fsp3) is 0.591. The minimum Gasteiger partial charge on any atom is -0.325 e. The predicted octanol–water partition coefficient (Wildman–Crippen LogP) is 4.56.